The molecule has 0 amide bonds. The highest BCUT2D eigenvalue weighted by Crippen LogP contribution is 2.33. The molecule has 1 aromatic heterocycles. The molecule has 0 aliphatic rings. The molecule has 1 N–H and O–H groups in total. The molecule has 0 aliphatic carbocycles. The van der Waals surface area contributed by atoms with Crippen molar-refractivity contribution in [3.63, 3.8) is 0 Å². The Hall–Kier alpha value is -0.830. The molecule has 2 aromatic rings. The Morgan fingerprint density at radius 1 is 1.27 bits per heavy atom. The Morgan fingerprint density at radius 2 is 2.07 bits per heavy atom. The Kier molecular flexibility index (Phi) is 2.83. The smallest absolute Gasteiger partial charge is 0.121 e. The fraction of sp³-hybridized carbons (Fsp3) is 0.167. The van der Waals surface area contributed by atoms with Gasteiger partial charge >= 0.3 is 0 Å². The van der Waals surface area contributed by atoms with Gasteiger partial charge in [0.2, 0.25) is 0 Å². The maximum absolute atomic E-state index is 10.4. The van der Waals surface area contributed by atoms with Gasteiger partial charge in [0.1, 0.15) is 5.60 Å². The van der Waals surface area contributed by atoms with Crippen molar-refractivity contribution in [1.82, 2.24) is 0 Å². The number of halogens is 1. The van der Waals surface area contributed by atoms with E-state index in [9.17, 15) is 5.11 Å². The van der Waals surface area contributed by atoms with Crippen LogP contribution in [-0.2, 0) is 5.60 Å². The molecule has 0 aliphatic heterocycles. The third-order valence-electron chi connectivity index (χ3n) is 2.39. The van der Waals surface area contributed by atoms with E-state index < -0.39 is 5.60 Å². The molecule has 78 valence electrons. The molecule has 1 unspecified atom stereocenters. The van der Waals surface area contributed by atoms with Crippen LogP contribution in [-0.4, -0.2) is 5.11 Å². The molecule has 1 nitrogen and oxygen atoms in total. The first-order valence-corrected chi connectivity index (χ1v) is 5.89. The van der Waals surface area contributed by atoms with E-state index in [4.69, 9.17) is 11.6 Å². The summed E-state index contributed by atoms with van der Waals surface area (Å²) in [5, 5.41) is 13.0. The lowest BCUT2D eigenvalue weighted by Gasteiger charge is -2.22. The van der Waals surface area contributed by atoms with E-state index in [0.717, 1.165) is 10.4 Å². The maximum Gasteiger partial charge on any atom is 0.121 e. The third kappa shape index (κ3) is 2.07. The molecule has 15 heavy (non-hydrogen) atoms. The van der Waals surface area contributed by atoms with Crippen molar-refractivity contribution in [3.8, 4) is 0 Å². The molecule has 1 aromatic carbocycles. The van der Waals surface area contributed by atoms with Gasteiger partial charge in [0.05, 0.1) is 0 Å². The zero-order valence-corrected chi connectivity index (χ0v) is 9.85. The fourth-order valence-corrected chi connectivity index (χ4v) is 2.49. The van der Waals surface area contributed by atoms with Gasteiger partial charge in [0.25, 0.3) is 0 Å². The molecule has 1 heterocycles. The third-order valence-corrected chi connectivity index (χ3v) is 3.70. The lowest BCUT2D eigenvalue weighted by Crippen LogP contribution is -2.21. The van der Waals surface area contributed by atoms with Crippen LogP contribution in [0.2, 0.25) is 5.02 Å². The summed E-state index contributed by atoms with van der Waals surface area (Å²) in [6.45, 7) is 1.78. The minimum absolute atomic E-state index is 0.643. The van der Waals surface area contributed by atoms with Gasteiger partial charge in [-0.3, -0.25) is 0 Å². The number of rotatable bonds is 2. The molecule has 0 saturated heterocycles. The number of thiophene rings is 1. The van der Waals surface area contributed by atoms with Gasteiger partial charge in [-0.1, -0.05) is 29.8 Å². The Morgan fingerprint density at radius 3 is 2.67 bits per heavy atom. The summed E-state index contributed by atoms with van der Waals surface area (Å²) < 4.78 is 0. The standard InChI is InChI=1S/C12H11ClOS/c1-12(14,11-6-3-7-15-11)9-4-2-5-10(13)8-9/h2-8,14H,1H3. The number of aliphatic hydroxyl groups is 1. The monoisotopic (exact) mass is 238 g/mol. The normalized spacial score (nSPS) is 14.9. The van der Waals surface area contributed by atoms with Gasteiger partial charge in [0.15, 0.2) is 0 Å². The summed E-state index contributed by atoms with van der Waals surface area (Å²) in [6, 6.07) is 11.2. The summed E-state index contributed by atoms with van der Waals surface area (Å²) in [6.07, 6.45) is 0. The lowest BCUT2D eigenvalue weighted by atomic mass is 9.94. The SMILES string of the molecule is CC(O)(c1cccc(Cl)c1)c1cccs1. The summed E-state index contributed by atoms with van der Waals surface area (Å²) >= 11 is 7.44. The van der Waals surface area contributed by atoms with Crippen molar-refractivity contribution in [3.05, 3.63) is 57.2 Å². The number of hydrogen-bond acceptors (Lipinski definition) is 2. The first-order chi connectivity index (χ1) is 7.10. The van der Waals surface area contributed by atoms with Crippen LogP contribution in [0.5, 0.6) is 0 Å². The van der Waals surface area contributed by atoms with Crippen molar-refractivity contribution in [2.75, 3.05) is 0 Å². The van der Waals surface area contributed by atoms with E-state index in [1.165, 1.54) is 11.3 Å². The second-order valence-electron chi connectivity index (χ2n) is 3.56. The van der Waals surface area contributed by atoms with E-state index >= 15 is 0 Å². The molecule has 3 heteroatoms. The van der Waals surface area contributed by atoms with E-state index in [0.29, 0.717) is 5.02 Å². The number of benzene rings is 1. The van der Waals surface area contributed by atoms with E-state index in [2.05, 4.69) is 0 Å². The van der Waals surface area contributed by atoms with Crippen molar-refractivity contribution in [1.29, 1.82) is 0 Å². The molecular formula is C12H11ClOS. The van der Waals surface area contributed by atoms with Crippen LogP contribution in [0, 0.1) is 0 Å². The first-order valence-electron chi connectivity index (χ1n) is 4.63. The second kappa shape index (κ2) is 3.97. The van der Waals surface area contributed by atoms with Gasteiger partial charge in [-0.05, 0) is 36.1 Å². The van der Waals surface area contributed by atoms with Crippen LogP contribution < -0.4 is 0 Å². The summed E-state index contributed by atoms with van der Waals surface area (Å²) in [5.41, 5.74) is -0.142. The summed E-state index contributed by atoms with van der Waals surface area (Å²) in [4.78, 5) is 0.921. The molecule has 0 radical (unpaired) electrons. The molecule has 1 atom stereocenters. The van der Waals surface area contributed by atoms with Crippen molar-refractivity contribution in [2.45, 2.75) is 12.5 Å². The Labute approximate surface area is 98.0 Å². The Bertz CT molecular complexity index is 448. The second-order valence-corrected chi connectivity index (χ2v) is 4.94. The summed E-state index contributed by atoms with van der Waals surface area (Å²) in [7, 11) is 0. The predicted molar refractivity (Wildman–Crippen MR) is 64.4 cm³/mol. The summed E-state index contributed by atoms with van der Waals surface area (Å²) in [5.74, 6) is 0. The molecule has 0 bridgehead atoms. The zero-order chi connectivity index (χ0) is 10.9. The highest BCUT2D eigenvalue weighted by molar-refractivity contribution is 7.10. The van der Waals surface area contributed by atoms with Crippen LogP contribution in [0.1, 0.15) is 17.4 Å². The van der Waals surface area contributed by atoms with E-state index in [-0.39, 0.29) is 0 Å². The van der Waals surface area contributed by atoms with Crippen LogP contribution in [0.15, 0.2) is 41.8 Å². The Balaban J connectivity index is 2.46. The molecule has 0 fully saturated rings. The van der Waals surface area contributed by atoms with Gasteiger partial charge in [0, 0.05) is 9.90 Å². The van der Waals surface area contributed by atoms with E-state index in [1.807, 2.05) is 29.6 Å². The van der Waals surface area contributed by atoms with E-state index in [1.54, 1.807) is 19.1 Å². The lowest BCUT2D eigenvalue weighted by molar-refractivity contribution is 0.106. The van der Waals surface area contributed by atoms with Crippen LogP contribution in [0.3, 0.4) is 0 Å². The molecular weight excluding hydrogens is 228 g/mol. The average Bonchev–Trinajstić information content (AvgIpc) is 2.71. The minimum Gasteiger partial charge on any atom is -0.380 e. The van der Waals surface area contributed by atoms with Crippen LogP contribution in [0.25, 0.3) is 0 Å². The highest BCUT2D eigenvalue weighted by Gasteiger charge is 2.26. The minimum atomic E-state index is -0.959. The molecule has 0 saturated carbocycles. The van der Waals surface area contributed by atoms with Crippen molar-refractivity contribution in [2.24, 2.45) is 0 Å². The van der Waals surface area contributed by atoms with Gasteiger partial charge in [-0.15, -0.1) is 11.3 Å². The number of hydrogen-bond donors (Lipinski definition) is 1. The van der Waals surface area contributed by atoms with Crippen molar-refractivity contribution >= 4 is 22.9 Å². The largest absolute Gasteiger partial charge is 0.380 e. The fourth-order valence-electron chi connectivity index (χ4n) is 1.49. The van der Waals surface area contributed by atoms with Gasteiger partial charge in [-0.25, -0.2) is 0 Å². The molecule has 0 spiro atoms. The highest BCUT2D eigenvalue weighted by atomic mass is 35.5. The first kappa shape index (κ1) is 10.7. The predicted octanol–water partition coefficient (Wildman–Crippen LogP) is 3.66. The van der Waals surface area contributed by atoms with Gasteiger partial charge < -0.3 is 5.11 Å². The van der Waals surface area contributed by atoms with Crippen LogP contribution >= 0.6 is 22.9 Å². The quantitative estimate of drug-likeness (QED) is 0.847. The zero-order valence-electron chi connectivity index (χ0n) is 8.27. The van der Waals surface area contributed by atoms with Crippen molar-refractivity contribution < 1.29 is 5.11 Å². The maximum atomic E-state index is 10.4. The molecule has 2 rings (SSSR count). The topological polar surface area (TPSA) is 20.2 Å². The van der Waals surface area contributed by atoms with Gasteiger partial charge in [-0.2, -0.15) is 0 Å². The average molecular weight is 239 g/mol. The van der Waals surface area contributed by atoms with Crippen LogP contribution in [0.4, 0.5) is 0 Å².